The van der Waals surface area contributed by atoms with Gasteiger partial charge in [-0.3, -0.25) is 0 Å². The van der Waals surface area contributed by atoms with Crippen molar-refractivity contribution in [3.63, 3.8) is 0 Å². The summed E-state index contributed by atoms with van der Waals surface area (Å²) in [5.74, 6) is -1.28. The number of benzene rings is 2. The first-order valence-electron chi connectivity index (χ1n) is 5.36. The van der Waals surface area contributed by atoms with E-state index in [-0.39, 0.29) is 10.5 Å². The van der Waals surface area contributed by atoms with E-state index in [1.807, 2.05) is 0 Å². The highest BCUT2D eigenvalue weighted by Crippen LogP contribution is 2.26. The first-order valence-corrected chi connectivity index (χ1v) is 6.35. The van der Waals surface area contributed by atoms with Crippen LogP contribution in [-0.4, -0.2) is 0 Å². The molecule has 0 atom stereocenters. The van der Waals surface area contributed by atoms with Crippen molar-refractivity contribution in [1.29, 1.82) is 5.26 Å². The van der Waals surface area contributed by atoms with Gasteiger partial charge in [-0.1, -0.05) is 6.07 Å². The molecule has 0 heterocycles. The van der Waals surface area contributed by atoms with Crippen LogP contribution >= 0.6 is 11.8 Å². The largest absolute Gasteiger partial charge is 0.207 e. The lowest BCUT2D eigenvalue weighted by atomic mass is 10.1. The van der Waals surface area contributed by atoms with E-state index in [9.17, 15) is 13.2 Å². The van der Waals surface area contributed by atoms with Crippen LogP contribution in [-0.2, 0) is 5.75 Å². The molecule has 0 spiro atoms. The van der Waals surface area contributed by atoms with E-state index < -0.39 is 17.5 Å². The molecule has 2 aromatic rings. The Morgan fingerprint density at radius 2 is 1.74 bits per heavy atom. The molecule has 0 unspecified atom stereocenters. The van der Waals surface area contributed by atoms with Gasteiger partial charge in [-0.25, -0.2) is 13.2 Å². The molecule has 0 saturated carbocycles. The summed E-state index contributed by atoms with van der Waals surface area (Å²) in [6, 6.07) is 9.05. The monoisotopic (exact) mass is 279 g/mol. The highest BCUT2D eigenvalue weighted by molar-refractivity contribution is 7.98. The second-order valence-electron chi connectivity index (χ2n) is 3.79. The molecule has 0 saturated heterocycles. The van der Waals surface area contributed by atoms with E-state index in [0.29, 0.717) is 11.3 Å². The molecule has 96 valence electrons. The zero-order chi connectivity index (χ0) is 13.8. The topological polar surface area (TPSA) is 23.8 Å². The fraction of sp³-hybridized carbons (Fsp3) is 0.0714. The summed E-state index contributed by atoms with van der Waals surface area (Å²) >= 11 is 1.09. The molecule has 2 aromatic carbocycles. The van der Waals surface area contributed by atoms with Crippen molar-refractivity contribution >= 4 is 11.8 Å². The van der Waals surface area contributed by atoms with Crippen LogP contribution in [0.5, 0.6) is 0 Å². The van der Waals surface area contributed by atoms with Crippen LogP contribution in [0.3, 0.4) is 0 Å². The van der Waals surface area contributed by atoms with Crippen LogP contribution in [0.25, 0.3) is 0 Å². The highest BCUT2D eigenvalue weighted by atomic mass is 32.2. The standard InChI is InChI=1S/C14H8F3NS/c15-11-2-4-13(17)14(6-11)19-8-9-1-3-12(16)10(5-9)7-18/h1-6H,8H2. The van der Waals surface area contributed by atoms with E-state index in [1.165, 1.54) is 18.2 Å². The molecule has 0 radical (unpaired) electrons. The third-order valence-electron chi connectivity index (χ3n) is 2.44. The van der Waals surface area contributed by atoms with Crippen molar-refractivity contribution in [2.24, 2.45) is 0 Å². The number of thioether (sulfide) groups is 1. The molecule has 1 nitrogen and oxygen atoms in total. The Hall–Kier alpha value is -1.93. The number of nitrogens with zero attached hydrogens (tertiary/aromatic N) is 1. The number of hydrogen-bond donors (Lipinski definition) is 0. The summed E-state index contributed by atoms with van der Waals surface area (Å²) in [6.07, 6.45) is 0. The number of halogens is 3. The maximum absolute atomic E-state index is 13.4. The lowest BCUT2D eigenvalue weighted by Gasteiger charge is -2.04. The molecular weight excluding hydrogens is 271 g/mol. The maximum atomic E-state index is 13.4. The number of nitriles is 1. The minimum Gasteiger partial charge on any atom is -0.207 e. The van der Waals surface area contributed by atoms with Gasteiger partial charge in [0.25, 0.3) is 0 Å². The molecule has 0 aromatic heterocycles. The summed E-state index contributed by atoms with van der Waals surface area (Å²) in [5, 5.41) is 8.70. The average molecular weight is 279 g/mol. The lowest BCUT2D eigenvalue weighted by Crippen LogP contribution is -1.89. The van der Waals surface area contributed by atoms with Gasteiger partial charge >= 0.3 is 0 Å². The van der Waals surface area contributed by atoms with Crippen LogP contribution in [0, 0.1) is 28.8 Å². The first kappa shape index (κ1) is 13.5. The first-order chi connectivity index (χ1) is 9.10. The minimum atomic E-state index is -0.590. The summed E-state index contributed by atoms with van der Waals surface area (Å²) in [6.45, 7) is 0. The minimum absolute atomic E-state index is 0.0576. The SMILES string of the molecule is N#Cc1cc(CSc2cc(F)ccc2F)ccc1F. The fourth-order valence-corrected chi connectivity index (χ4v) is 2.40. The zero-order valence-corrected chi connectivity index (χ0v) is 10.5. The summed E-state index contributed by atoms with van der Waals surface area (Å²) < 4.78 is 39.5. The Balaban J connectivity index is 2.15. The molecule has 0 aliphatic rings. The van der Waals surface area contributed by atoms with E-state index in [4.69, 9.17) is 5.26 Å². The molecule has 0 amide bonds. The van der Waals surface area contributed by atoms with E-state index >= 15 is 0 Å². The van der Waals surface area contributed by atoms with Crippen LogP contribution in [0.15, 0.2) is 41.3 Å². The van der Waals surface area contributed by atoms with Crippen molar-refractivity contribution in [2.45, 2.75) is 10.6 Å². The Morgan fingerprint density at radius 3 is 2.47 bits per heavy atom. The van der Waals surface area contributed by atoms with Crippen molar-refractivity contribution in [1.82, 2.24) is 0 Å². The van der Waals surface area contributed by atoms with E-state index in [2.05, 4.69) is 0 Å². The predicted octanol–water partition coefficient (Wildman–Crippen LogP) is 4.27. The van der Waals surface area contributed by atoms with Gasteiger partial charge in [-0.2, -0.15) is 5.26 Å². The van der Waals surface area contributed by atoms with Gasteiger partial charge < -0.3 is 0 Å². The van der Waals surface area contributed by atoms with E-state index in [0.717, 1.165) is 30.0 Å². The maximum Gasteiger partial charge on any atom is 0.140 e. The third-order valence-corrected chi connectivity index (χ3v) is 3.54. The molecule has 5 heteroatoms. The molecule has 2 rings (SSSR count). The Morgan fingerprint density at radius 1 is 1.00 bits per heavy atom. The number of hydrogen-bond acceptors (Lipinski definition) is 2. The van der Waals surface area contributed by atoms with Crippen molar-refractivity contribution in [3.8, 4) is 6.07 Å². The lowest BCUT2D eigenvalue weighted by molar-refractivity contribution is 0.577. The van der Waals surface area contributed by atoms with Crippen molar-refractivity contribution in [3.05, 3.63) is 65.0 Å². The van der Waals surface area contributed by atoms with Gasteiger partial charge in [-0.05, 0) is 35.9 Å². The summed E-state index contributed by atoms with van der Waals surface area (Å²) in [4.78, 5) is 0.183. The molecule has 19 heavy (non-hydrogen) atoms. The van der Waals surface area contributed by atoms with Crippen molar-refractivity contribution < 1.29 is 13.2 Å². The zero-order valence-electron chi connectivity index (χ0n) is 9.66. The molecule has 0 aliphatic heterocycles. The van der Waals surface area contributed by atoms with Crippen LogP contribution in [0.4, 0.5) is 13.2 Å². The average Bonchev–Trinajstić information content (AvgIpc) is 2.41. The summed E-state index contributed by atoms with van der Waals surface area (Å²) in [7, 11) is 0. The Labute approximate surface area is 112 Å². The second kappa shape index (κ2) is 5.81. The molecule has 0 fully saturated rings. The normalized spacial score (nSPS) is 10.2. The van der Waals surface area contributed by atoms with Crippen molar-refractivity contribution in [2.75, 3.05) is 0 Å². The van der Waals surface area contributed by atoms with Gasteiger partial charge in [0.1, 0.15) is 23.5 Å². The molecular formula is C14H8F3NS. The van der Waals surface area contributed by atoms with Gasteiger partial charge in [0.2, 0.25) is 0 Å². The molecule has 0 N–H and O–H groups in total. The highest BCUT2D eigenvalue weighted by Gasteiger charge is 2.07. The van der Waals surface area contributed by atoms with Gasteiger partial charge in [0.15, 0.2) is 0 Å². The fourth-order valence-electron chi connectivity index (χ4n) is 1.50. The smallest absolute Gasteiger partial charge is 0.140 e. The molecule has 0 bridgehead atoms. The van der Waals surface area contributed by atoms with Crippen LogP contribution in [0.2, 0.25) is 0 Å². The number of rotatable bonds is 3. The van der Waals surface area contributed by atoms with Gasteiger partial charge in [0, 0.05) is 10.6 Å². The second-order valence-corrected chi connectivity index (χ2v) is 4.81. The van der Waals surface area contributed by atoms with E-state index in [1.54, 1.807) is 6.07 Å². The Bertz CT molecular complexity index is 650. The predicted molar refractivity (Wildman–Crippen MR) is 67.0 cm³/mol. The third kappa shape index (κ3) is 3.30. The van der Waals surface area contributed by atoms with Gasteiger partial charge in [0.05, 0.1) is 5.56 Å². The summed E-state index contributed by atoms with van der Waals surface area (Å²) in [5.41, 5.74) is 0.615. The quantitative estimate of drug-likeness (QED) is 0.783. The molecule has 0 aliphatic carbocycles. The Kier molecular flexibility index (Phi) is 4.13. The van der Waals surface area contributed by atoms with Crippen LogP contribution < -0.4 is 0 Å². The van der Waals surface area contributed by atoms with Crippen LogP contribution in [0.1, 0.15) is 11.1 Å². The van der Waals surface area contributed by atoms with Gasteiger partial charge in [-0.15, -0.1) is 11.8 Å².